The molecular weight excluding hydrogens is 308 g/mol. The molecule has 1 fully saturated rings. The van der Waals surface area contributed by atoms with Crippen molar-refractivity contribution in [3.05, 3.63) is 12.3 Å². The minimum Gasteiger partial charge on any atom is -0.481 e. The average molecular weight is 328 g/mol. The third-order valence-corrected chi connectivity index (χ3v) is 5.18. The van der Waals surface area contributed by atoms with E-state index in [1.54, 1.807) is 17.2 Å². The van der Waals surface area contributed by atoms with Crippen LogP contribution in [0, 0.1) is 0 Å². The fourth-order valence-electron chi connectivity index (χ4n) is 2.17. The van der Waals surface area contributed by atoms with E-state index in [1.165, 1.54) is 14.0 Å². The number of hydrogen-bond donors (Lipinski definition) is 0. The Morgan fingerprint density at radius 1 is 1.32 bits per heavy atom. The van der Waals surface area contributed by atoms with Crippen LogP contribution in [-0.4, -0.2) is 74.0 Å². The maximum absolute atomic E-state index is 12.2. The van der Waals surface area contributed by atoms with Crippen LogP contribution in [0.3, 0.4) is 0 Å². The highest BCUT2D eigenvalue weighted by atomic mass is 32.2. The molecule has 1 aromatic heterocycles. The Bertz CT molecular complexity index is 641. The number of hydrogen-bond acceptors (Lipinski definition) is 7. The van der Waals surface area contributed by atoms with Gasteiger partial charge in [0.1, 0.15) is 5.25 Å². The molecule has 1 atom stereocenters. The first-order valence-corrected chi connectivity index (χ1v) is 8.88. The van der Waals surface area contributed by atoms with Crippen molar-refractivity contribution >= 4 is 21.7 Å². The molecule has 0 spiro atoms. The Labute approximate surface area is 130 Å². The molecule has 1 aromatic rings. The number of aromatic nitrogens is 2. The van der Waals surface area contributed by atoms with Crippen LogP contribution in [0.5, 0.6) is 5.88 Å². The van der Waals surface area contributed by atoms with Crippen LogP contribution in [0.25, 0.3) is 0 Å². The highest BCUT2D eigenvalue weighted by Crippen LogP contribution is 2.15. The summed E-state index contributed by atoms with van der Waals surface area (Å²) in [6.07, 6.45) is 2.69. The van der Waals surface area contributed by atoms with E-state index < -0.39 is 15.1 Å². The molecule has 0 N–H and O–H groups in total. The summed E-state index contributed by atoms with van der Waals surface area (Å²) in [4.78, 5) is 24.1. The Kier molecular flexibility index (Phi) is 4.84. The third-order valence-electron chi connectivity index (χ3n) is 3.69. The highest BCUT2D eigenvalue weighted by molar-refractivity contribution is 7.92. The van der Waals surface area contributed by atoms with E-state index in [2.05, 4.69) is 9.97 Å². The minimum absolute atomic E-state index is 0.353. The summed E-state index contributed by atoms with van der Waals surface area (Å²) >= 11 is 0. The summed E-state index contributed by atoms with van der Waals surface area (Å²) in [5.74, 6) is 0.672. The second kappa shape index (κ2) is 6.47. The molecule has 0 saturated carbocycles. The fraction of sp³-hybridized carbons (Fsp3) is 0.615. The van der Waals surface area contributed by atoms with Gasteiger partial charge in [0.05, 0.1) is 7.11 Å². The number of anilines is 1. The lowest BCUT2D eigenvalue weighted by atomic mass is 10.3. The summed E-state index contributed by atoms with van der Waals surface area (Å²) in [6, 6.07) is 1.66. The van der Waals surface area contributed by atoms with E-state index in [1.807, 2.05) is 4.90 Å². The van der Waals surface area contributed by atoms with Crippen LogP contribution in [0.4, 0.5) is 5.95 Å². The zero-order valence-corrected chi connectivity index (χ0v) is 13.7. The second-order valence-corrected chi connectivity index (χ2v) is 7.55. The minimum atomic E-state index is -3.37. The van der Waals surface area contributed by atoms with Crippen LogP contribution < -0.4 is 9.64 Å². The molecule has 1 aliphatic rings. The van der Waals surface area contributed by atoms with Gasteiger partial charge in [-0.25, -0.2) is 13.4 Å². The number of nitrogens with zero attached hydrogens (tertiary/aromatic N) is 4. The lowest BCUT2D eigenvalue weighted by Gasteiger charge is -2.35. The number of rotatable bonds is 4. The van der Waals surface area contributed by atoms with Gasteiger partial charge in [-0.3, -0.25) is 4.79 Å². The van der Waals surface area contributed by atoms with Crippen molar-refractivity contribution in [1.29, 1.82) is 0 Å². The Hall–Kier alpha value is -1.90. The second-order valence-electron chi connectivity index (χ2n) is 5.18. The van der Waals surface area contributed by atoms with Gasteiger partial charge < -0.3 is 14.5 Å². The van der Waals surface area contributed by atoms with Crippen molar-refractivity contribution in [2.45, 2.75) is 12.2 Å². The molecule has 0 aromatic carbocycles. The quantitative estimate of drug-likeness (QED) is 0.740. The van der Waals surface area contributed by atoms with Crippen molar-refractivity contribution < 1.29 is 17.9 Å². The molecule has 0 radical (unpaired) electrons. The lowest BCUT2D eigenvalue weighted by Crippen LogP contribution is -2.52. The molecule has 22 heavy (non-hydrogen) atoms. The zero-order valence-electron chi connectivity index (χ0n) is 12.9. The number of amides is 1. The van der Waals surface area contributed by atoms with E-state index in [0.717, 1.165) is 6.26 Å². The van der Waals surface area contributed by atoms with Crippen molar-refractivity contribution in [3.8, 4) is 5.88 Å². The number of carbonyl (C=O) groups excluding carboxylic acids is 1. The van der Waals surface area contributed by atoms with Crippen molar-refractivity contribution in [3.63, 3.8) is 0 Å². The Morgan fingerprint density at radius 3 is 2.50 bits per heavy atom. The predicted octanol–water partition coefficient (Wildman–Crippen LogP) is -0.433. The highest BCUT2D eigenvalue weighted by Gasteiger charge is 2.30. The Morgan fingerprint density at radius 2 is 1.95 bits per heavy atom. The standard InChI is InChI=1S/C13H20N4O4S/c1-10(22(3,19)20)12(18)16-6-8-17(9-7-16)13-14-5-4-11(15-13)21-2/h4-5,10H,6-9H2,1-3H3/t10-/m1/s1. The SMILES string of the molecule is COc1ccnc(N2CCN(C(=O)[C@@H](C)S(C)(=O)=O)CC2)n1. The number of carbonyl (C=O) groups is 1. The van der Waals surface area contributed by atoms with E-state index in [4.69, 9.17) is 4.74 Å². The summed E-state index contributed by atoms with van der Waals surface area (Å²) in [7, 11) is -1.84. The molecule has 0 unspecified atom stereocenters. The molecule has 2 rings (SSSR count). The fourth-order valence-corrected chi connectivity index (χ4v) is 2.68. The van der Waals surface area contributed by atoms with Gasteiger partial charge in [-0.05, 0) is 6.92 Å². The number of methoxy groups -OCH3 is 1. The van der Waals surface area contributed by atoms with Crippen molar-refractivity contribution in [2.24, 2.45) is 0 Å². The monoisotopic (exact) mass is 328 g/mol. The van der Waals surface area contributed by atoms with Gasteiger partial charge in [-0.15, -0.1) is 0 Å². The molecule has 0 aliphatic carbocycles. The number of ether oxygens (including phenoxy) is 1. The normalized spacial score (nSPS) is 17.2. The molecular formula is C13H20N4O4S. The lowest BCUT2D eigenvalue weighted by molar-refractivity contribution is -0.130. The van der Waals surface area contributed by atoms with Crippen LogP contribution in [0.15, 0.2) is 12.3 Å². The van der Waals surface area contributed by atoms with E-state index in [0.29, 0.717) is 38.0 Å². The summed E-state index contributed by atoms with van der Waals surface area (Å²) in [5, 5.41) is -1.01. The zero-order chi connectivity index (χ0) is 16.3. The molecule has 8 nitrogen and oxygen atoms in total. The smallest absolute Gasteiger partial charge is 0.240 e. The first kappa shape index (κ1) is 16.5. The summed E-state index contributed by atoms with van der Waals surface area (Å²) in [5.41, 5.74) is 0. The van der Waals surface area contributed by atoms with Gasteiger partial charge in [-0.1, -0.05) is 0 Å². The van der Waals surface area contributed by atoms with Crippen LogP contribution in [-0.2, 0) is 14.6 Å². The van der Waals surface area contributed by atoms with E-state index in [-0.39, 0.29) is 5.91 Å². The largest absolute Gasteiger partial charge is 0.481 e. The summed E-state index contributed by atoms with van der Waals surface area (Å²) < 4.78 is 28.0. The predicted molar refractivity (Wildman–Crippen MR) is 81.7 cm³/mol. The molecule has 122 valence electrons. The first-order valence-electron chi connectivity index (χ1n) is 6.92. The van der Waals surface area contributed by atoms with Crippen LogP contribution >= 0.6 is 0 Å². The number of piperazine rings is 1. The molecule has 9 heteroatoms. The van der Waals surface area contributed by atoms with Gasteiger partial charge in [0.25, 0.3) is 0 Å². The maximum Gasteiger partial charge on any atom is 0.240 e. The van der Waals surface area contributed by atoms with Crippen molar-refractivity contribution in [2.75, 3.05) is 44.4 Å². The van der Waals surface area contributed by atoms with E-state index >= 15 is 0 Å². The number of sulfone groups is 1. The van der Waals surface area contributed by atoms with Crippen LogP contribution in [0.1, 0.15) is 6.92 Å². The van der Waals surface area contributed by atoms with Gasteiger partial charge in [0.15, 0.2) is 9.84 Å². The molecule has 2 heterocycles. The van der Waals surface area contributed by atoms with Gasteiger partial charge >= 0.3 is 0 Å². The Balaban J connectivity index is 1.99. The maximum atomic E-state index is 12.2. The third kappa shape index (κ3) is 3.65. The molecule has 0 bridgehead atoms. The van der Waals surface area contributed by atoms with Crippen molar-refractivity contribution in [1.82, 2.24) is 14.9 Å². The van der Waals surface area contributed by atoms with Gasteiger partial charge in [0, 0.05) is 44.7 Å². The molecule has 1 amide bonds. The summed E-state index contributed by atoms with van der Waals surface area (Å²) in [6.45, 7) is 3.42. The topological polar surface area (TPSA) is 92.7 Å². The van der Waals surface area contributed by atoms with Crippen LogP contribution in [0.2, 0.25) is 0 Å². The average Bonchev–Trinajstić information content (AvgIpc) is 2.53. The molecule has 1 aliphatic heterocycles. The molecule has 1 saturated heterocycles. The van der Waals surface area contributed by atoms with Gasteiger partial charge in [-0.2, -0.15) is 4.98 Å². The van der Waals surface area contributed by atoms with E-state index in [9.17, 15) is 13.2 Å². The van der Waals surface area contributed by atoms with Gasteiger partial charge in [0.2, 0.25) is 17.7 Å². The first-order chi connectivity index (χ1) is 10.3.